The van der Waals surface area contributed by atoms with Crippen LogP contribution in [0.3, 0.4) is 0 Å². The van der Waals surface area contributed by atoms with Crippen LogP contribution >= 0.6 is 0 Å². The zero-order valence-corrected chi connectivity index (χ0v) is 18.0. The standard InChI is InChI=1S/C26H36N2/c1-20(2)17-25-26(27-18-22-11-7-5-8-12-22)24(21(3)4)15-16-28(25)19-23-13-9-6-10-14-23/h5-14,18,20-21,24-26H,15-17,19H2,1-4H3/t24-,25-,26+/m0/s1. The normalized spacial score (nSPS) is 23.7. The molecule has 2 aromatic rings. The van der Waals surface area contributed by atoms with E-state index in [1.54, 1.807) is 0 Å². The fourth-order valence-corrected chi connectivity index (χ4v) is 4.59. The molecule has 2 aromatic carbocycles. The van der Waals surface area contributed by atoms with Gasteiger partial charge < -0.3 is 0 Å². The summed E-state index contributed by atoms with van der Waals surface area (Å²) in [7, 11) is 0. The molecule has 2 nitrogen and oxygen atoms in total. The van der Waals surface area contributed by atoms with Gasteiger partial charge in [0.1, 0.15) is 0 Å². The van der Waals surface area contributed by atoms with Gasteiger partial charge in [0.25, 0.3) is 0 Å². The third kappa shape index (κ3) is 5.54. The van der Waals surface area contributed by atoms with Gasteiger partial charge in [-0.25, -0.2) is 0 Å². The predicted molar refractivity (Wildman–Crippen MR) is 121 cm³/mol. The molecular formula is C26H36N2. The molecule has 0 aliphatic carbocycles. The maximum atomic E-state index is 5.22. The summed E-state index contributed by atoms with van der Waals surface area (Å²) in [6, 6.07) is 22.3. The summed E-state index contributed by atoms with van der Waals surface area (Å²) < 4.78 is 0. The molecule has 150 valence electrons. The van der Waals surface area contributed by atoms with E-state index in [1.807, 2.05) is 0 Å². The van der Waals surface area contributed by atoms with Crippen molar-refractivity contribution >= 4 is 6.21 Å². The van der Waals surface area contributed by atoms with Crippen molar-refractivity contribution in [1.29, 1.82) is 0 Å². The molecule has 1 saturated heterocycles. The summed E-state index contributed by atoms with van der Waals surface area (Å²) >= 11 is 0. The lowest BCUT2D eigenvalue weighted by Crippen LogP contribution is -2.53. The van der Waals surface area contributed by atoms with Crippen LogP contribution in [0.15, 0.2) is 65.7 Å². The first-order chi connectivity index (χ1) is 13.5. The third-order valence-electron chi connectivity index (χ3n) is 6.04. The lowest BCUT2D eigenvalue weighted by atomic mass is 9.76. The fourth-order valence-electron chi connectivity index (χ4n) is 4.59. The topological polar surface area (TPSA) is 15.6 Å². The average Bonchev–Trinajstić information content (AvgIpc) is 2.69. The second-order valence-electron chi connectivity index (χ2n) is 9.03. The second kappa shape index (κ2) is 10.0. The molecule has 0 unspecified atom stereocenters. The maximum Gasteiger partial charge on any atom is 0.0686 e. The van der Waals surface area contributed by atoms with Crippen LogP contribution in [0.2, 0.25) is 0 Å². The molecule has 0 amide bonds. The number of aliphatic imine (C=N–C) groups is 1. The quantitative estimate of drug-likeness (QED) is 0.536. The summed E-state index contributed by atoms with van der Waals surface area (Å²) in [4.78, 5) is 7.91. The lowest BCUT2D eigenvalue weighted by molar-refractivity contribution is 0.0527. The van der Waals surface area contributed by atoms with Gasteiger partial charge >= 0.3 is 0 Å². The molecule has 0 spiro atoms. The molecule has 1 aliphatic heterocycles. The van der Waals surface area contributed by atoms with Crippen LogP contribution in [0.25, 0.3) is 0 Å². The summed E-state index contributed by atoms with van der Waals surface area (Å²) in [5.74, 6) is 1.98. The number of benzene rings is 2. The first-order valence-electron chi connectivity index (χ1n) is 10.9. The summed E-state index contributed by atoms with van der Waals surface area (Å²) in [5, 5.41) is 0. The van der Waals surface area contributed by atoms with E-state index in [9.17, 15) is 0 Å². The summed E-state index contributed by atoms with van der Waals surface area (Å²) in [6.07, 6.45) is 4.54. The highest BCUT2D eigenvalue weighted by Gasteiger charge is 2.39. The fraction of sp³-hybridized carbons (Fsp3) is 0.500. The number of nitrogens with zero attached hydrogens (tertiary/aromatic N) is 2. The number of piperidine rings is 1. The van der Waals surface area contributed by atoms with Gasteiger partial charge in [-0.3, -0.25) is 9.89 Å². The minimum Gasteiger partial charge on any atom is -0.294 e. The summed E-state index contributed by atoms with van der Waals surface area (Å²) in [5.41, 5.74) is 2.61. The van der Waals surface area contributed by atoms with Crippen LogP contribution in [0, 0.1) is 17.8 Å². The molecular weight excluding hydrogens is 340 g/mol. The molecule has 1 fully saturated rings. The van der Waals surface area contributed by atoms with Gasteiger partial charge in [0.2, 0.25) is 0 Å². The van der Waals surface area contributed by atoms with E-state index >= 15 is 0 Å². The molecule has 28 heavy (non-hydrogen) atoms. The van der Waals surface area contributed by atoms with Crippen molar-refractivity contribution in [3.63, 3.8) is 0 Å². The van der Waals surface area contributed by atoms with Crippen LogP contribution in [0.4, 0.5) is 0 Å². The van der Waals surface area contributed by atoms with E-state index < -0.39 is 0 Å². The molecule has 3 rings (SSSR count). The van der Waals surface area contributed by atoms with Crippen molar-refractivity contribution in [3.8, 4) is 0 Å². The smallest absolute Gasteiger partial charge is 0.0686 e. The molecule has 2 heteroatoms. The minimum absolute atomic E-state index is 0.361. The second-order valence-corrected chi connectivity index (χ2v) is 9.03. The number of likely N-dealkylation sites (tertiary alicyclic amines) is 1. The van der Waals surface area contributed by atoms with Crippen molar-refractivity contribution in [2.24, 2.45) is 22.7 Å². The zero-order valence-electron chi connectivity index (χ0n) is 18.0. The van der Waals surface area contributed by atoms with Gasteiger partial charge in [0.05, 0.1) is 6.04 Å². The monoisotopic (exact) mass is 376 g/mol. The SMILES string of the molecule is CC(C)C[C@H]1[C@H](N=Cc2ccccc2)[C@H](C(C)C)CCN1Cc1ccccc1. The Morgan fingerprint density at radius 1 is 0.964 bits per heavy atom. The van der Waals surface area contributed by atoms with E-state index in [1.165, 1.54) is 30.5 Å². The molecule has 0 aromatic heterocycles. The third-order valence-corrected chi connectivity index (χ3v) is 6.04. The van der Waals surface area contributed by atoms with Crippen molar-refractivity contribution in [2.75, 3.05) is 6.54 Å². The zero-order chi connectivity index (χ0) is 19.9. The molecule has 1 aliphatic rings. The Bertz CT molecular complexity index is 721. The highest BCUT2D eigenvalue weighted by atomic mass is 15.2. The average molecular weight is 377 g/mol. The lowest BCUT2D eigenvalue weighted by Gasteiger charge is -2.46. The molecule has 0 N–H and O–H groups in total. The number of hydrogen-bond acceptors (Lipinski definition) is 2. The van der Waals surface area contributed by atoms with Crippen molar-refractivity contribution in [1.82, 2.24) is 4.90 Å². The molecule has 3 atom stereocenters. The largest absolute Gasteiger partial charge is 0.294 e. The maximum absolute atomic E-state index is 5.22. The molecule has 0 saturated carbocycles. The van der Waals surface area contributed by atoms with Gasteiger partial charge in [-0.05, 0) is 48.3 Å². The molecule has 0 bridgehead atoms. The first-order valence-corrected chi connectivity index (χ1v) is 10.9. The Morgan fingerprint density at radius 3 is 2.21 bits per heavy atom. The van der Waals surface area contributed by atoms with E-state index in [-0.39, 0.29) is 0 Å². The van der Waals surface area contributed by atoms with E-state index in [2.05, 4.69) is 99.5 Å². The van der Waals surface area contributed by atoms with Crippen molar-refractivity contribution in [2.45, 2.75) is 59.2 Å². The highest BCUT2D eigenvalue weighted by molar-refractivity contribution is 5.79. The van der Waals surface area contributed by atoms with Gasteiger partial charge in [0, 0.05) is 18.8 Å². The van der Waals surface area contributed by atoms with Crippen LogP contribution < -0.4 is 0 Å². The predicted octanol–water partition coefficient (Wildman–Crippen LogP) is 6.07. The van der Waals surface area contributed by atoms with Crippen LogP contribution in [-0.4, -0.2) is 29.7 Å². The van der Waals surface area contributed by atoms with Crippen molar-refractivity contribution < 1.29 is 0 Å². The minimum atomic E-state index is 0.361. The van der Waals surface area contributed by atoms with Crippen LogP contribution in [0.1, 0.15) is 51.7 Å². The Labute approximate surface area is 171 Å². The molecule has 1 heterocycles. The van der Waals surface area contributed by atoms with E-state index in [0.717, 1.165) is 6.54 Å². The van der Waals surface area contributed by atoms with E-state index in [0.29, 0.717) is 29.8 Å². The van der Waals surface area contributed by atoms with Gasteiger partial charge in [-0.1, -0.05) is 88.4 Å². The van der Waals surface area contributed by atoms with Gasteiger partial charge in [0.15, 0.2) is 0 Å². The van der Waals surface area contributed by atoms with Crippen LogP contribution in [0.5, 0.6) is 0 Å². The Hall–Kier alpha value is -1.93. The molecule has 0 radical (unpaired) electrons. The Morgan fingerprint density at radius 2 is 1.61 bits per heavy atom. The van der Waals surface area contributed by atoms with Crippen molar-refractivity contribution in [3.05, 3.63) is 71.8 Å². The number of hydrogen-bond donors (Lipinski definition) is 0. The van der Waals surface area contributed by atoms with Gasteiger partial charge in [-0.15, -0.1) is 0 Å². The van der Waals surface area contributed by atoms with Crippen LogP contribution in [-0.2, 0) is 6.54 Å². The highest BCUT2D eigenvalue weighted by Crippen LogP contribution is 2.35. The van der Waals surface area contributed by atoms with E-state index in [4.69, 9.17) is 4.99 Å². The Kier molecular flexibility index (Phi) is 7.44. The first kappa shape index (κ1) is 20.8. The van der Waals surface area contributed by atoms with Gasteiger partial charge in [-0.2, -0.15) is 0 Å². The Balaban J connectivity index is 1.87. The number of rotatable bonds is 7. The summed E-state index contributed by atoms with van der Waals surface area (Å²) in [6.45, 7) is 11.6.